The third-order valence-electron chi connectivity index (χ3n) is 2.75. The van der Waals surface area contributed by atoms with Crippen LogP contribution in [0.5, 0.6) is 11.5 Å². The van der Waals surface area contributed by atoms with E-state index < -0.39 is 0 Å². The quantitative estimate of drug-likeness (QED) is 0.866. The van der Waals surface area contributed by atoms with Crippen molar-refractivity contribution in [1.29, 1.82) is 0 Å². The molecule has 0 saturated carbocycles. The number of rotatable bonds is 6. The Morgan fingerprint density at radius 2 is 2.11 bits per heavy atom. The first-order chi connectivity index (χ1) is 9.28. The minimum Gasteiger partial charge on any atom is -0.497 e. The molecule has 5 nitrogen and oxygen atoms in total. The largest absolute Gasteiger partial charge is 0.497 e. The maximum Gasteiger partial charge on any atom is 0.208 e. The van der Waals surface area contributed by atoms with Gasteiger partial charge >= 0.3 is 0 Å². The predicted molar refractivity (Wildman–Crippen MR) is 72.4 cm³/mol. The van der Waals surface area contributed by atoms with E-state index in [0.717, 1.165) is 23.6 Å². The second kappa shape index (κ2) is 6.24. The fraction of sp³-hybridized carbons (Fsp3) is 0.357. The second-order valence-corrected chi connectivity index (χ2v) is 3.96. The summed E-state index contributed by atoms with van der Waals surface area (Å²) in [7, 11) is 3.25. The van der Waals surface area contributed by atoms with Crippen LogP contribution < -0.4 is 14.8 Å². The summed E-state index contributed by atoms with van der Waals surface area (Å²) in [6.45, 7) is 3.53. The first-order valence-corrected chi connectivity index (χ1v) is 6.16. The van der Waals surface area contributed by atoms with Crippen LogP contribution in [0, 0.1) is 0 Å². The van der Waals surface area contributed by atoms with E-state index in [4.69, 9.17) is 13.9 Å². The highest BCUT2D eigenvalue weighted by molar-refractivity contribution is 5.67. The van der Waals surface area contributed by atoms with Gasteiger partial charge in [-0.2, -0.15) is 0 Å². The van der Waals surface area contributed by atoms with Crippen molar-refractivity contribution >= 4 is 0 Å². The number of benzene rings is 1. The molecule has 0 aliphatic carbocycles. The molecule has 1 aromatic carbocycles. The number of aromatic nitrogens is 1. The van der Waals surface area contributed by atoms with Crippen LogP contribution in [0.25, 0.3) is 11.3 Å². The molecule has 0 amide bonds. The highest BCUT2D eigenvalue weighted by Gasteiger charge is 2.12. The topological polar surface area (TPSA) is 56.5 Å². The van der Waals surface area contributed by atoms with Crippen LogP contribution in [0.1, 0.15) is 12.8 Å². The maximum atomic E-state index is 5.70. The minimum atomic E-state index is 0.614. The van der Waals surface area contributed by atoms with Gasteiger partial charge < -0.3 is 19.2 Å². The van der Waals surface area contributed by atoms with E-state index in [-0.39, 0.29) is 0 Å². The summed E-state index contributed by atoms with van der Waals surface area (Å²) in [5.41, 5.74) is 0.831. The van der Waals surface area contributed by atoms with Crippen molar-refractivity contribution in [3.63, 3.8) is 0 Å². The zero-order chi connectivity index (χ0) is 13.7. The van der Waals surface area contributed by atoms with E-state index in [2.05, 4.69) is 10.3 Å². The third-order valence-corrected chi connectivity index (χ3v) is 2.75. The van der Waals surface area contributed by atoms with Crippen LogP contribution >= 0.6 is 0 Å². The van der Waals surface area contributed by atoms with Crippen LogP contribution in [0.2, 0.25) is 0 Å². The fourth-order valence-electron chi connectivity index (χ4n) is 1.76. The highest BCUT2D eigenvalue weighted by Crippen LogP contribution is 2.33. The molecule has 2 rings (SSSR count). The lowest BCUT2D eigenvalue weighted by atomic mass is 10.1. The summed E-state index contributed by atoms with van der Waals surface area (Å²) in [5, 5.41) is 3.17. The Kier molecular flexibility index (Phi) is 4.41. The van der Waals surface area contributed by atoms with Gasteiger partial charge in [0.05, 0.1) is 32.5 Å². The average Bonchev–Trinajstić information content (AvgIpc) is 2.93. The fourth-order valence-corrected chi connectivity index (χ4v) is 1.76. The first-order valence-electron chi connectivity index (χ1n) is 6.16. The third kappa shape index (κ3) is 3.06. The lowest BCUT2D eigenvalue weighted by molar-refractivity contribution is 0.402. The van der Waals surface area contributed by atoms with E-state index in [1.165, 1.54) is 0 Å². The zero-order valence-corrected chi connectivity index (χ0v) is 11.4. The van der Waals surface area contributed by atoms with Crippen molar-refractivity contribution in [1.82, 2.24) is 10.3 Å². The molecule has 19 heavy (non-hydrogen) atoms. The molecule has 102 valence electrons. The number of hydrogen-bond acceptors (Lipinski definition) is 5. The summed E-state index contributed by atoms with van der Waals surface area (Å²) in [4.78, 5) is 4.24. The minimum absolute atomic E-state index is 0.614. The lowest BCUT2D eigenvalue weighted by Crippen LogP contribution is -2.11. The molecule has 2 aromatic rings. The van der Waals surface area contributed by atoms with Gasteiger partial charge in [-0.15, -0.1) is 0 Å². The van der Waals surface area contributed by atoms with Gasteiger partial charge in [0.1, 0.15) is 11.5 Å². The lowest BCUT2D eigenvalue weighted by Gasteiger charge is -2.07. The van der Waals surface area contributed by atoms with Gasteiger partial charge in [-0.25, -0.2) is 4.98 Å². The molecule has 1 N–H and O–H groups in total. The molecule has 0 radical (unpaired) electrons. The van der Waals surface area contributed by atoms with Gasteiger partial charge in [0.2, 0.25) is 5.89 Å². The van der Waals surface area contributed by atoms with Gasteiger partial charge in [-0.3, -0.25) is 0 Å². The normalized spacial score (nSPS) is 10.5. The Bertz CT molecular complexity index is 537. The van der Waals surface area contributed by atoms with Crippen LogP contribution in [0.4, 0.5) is 0 Å². The highest BCUT2D eigenvalue weighted by atomic mass is 16.5. The van der Waals surface area contributed by atoms with E-state index in [0.29, 0.717) is 18.2 Å². The van der Waals surface area contributed by atoms with E-state index in [9.17, 15) is 0 Å². The molecule has 0 atom stereocenters. The molecule has 1 heterocycles. The Morgan fingerprint density at radius 3 is 2.79 bits per heavy atom. The number of nitrogens with zero attached hydrogens (tertiary/aromatic N) is 1. The monoisotopic (exact) mass is 262 g/mol. The van der Waals surface area contributed by atoms with Crippen molar-refractivity contribution in [2.24, 2.45) is 0 Å². The molecule has 5 heteroatoms. The number of hydrogen-bond donors (Lipinski definition) is 1. The van der Waals surface area contributed by atoms with Gasteiger partial charge in [-0.05, 0) is 24.7 Å². The van der Waals surface area contributed by atoms with Crippen molar-refractivity contribution in [3.8, 4) is 22.8 Å². The Labute approximate surface area is 112 Å². The average molecular weight is 262 g/mol. The van der Waals surface area contributed by atoms with Crippen LogP contribution in [-0.4, -0.2) is 25.7 Å². The molecule has 0 spiro atoms. The van der Waals surface area contributed by atoms with Gasteiger partial charge in [0.25, 0.3) is 0 Å². The summed E-state index contributed by atoms with van der Waals surface area (Å²) >= 11 is 0. The molecular formula is C14H18N2O3. The zero-order valence-electron chi connectivity index (χ0n) is 11.4. The number of oxazole rings is 1. The Balaban J connectivity index is 2.31. The van der Waals surface area contributed by atoms with E-state index in [1.54, 1.807) is 20.4 Å². The number of methoxy groups -OCH3 is 2. The summed E-state index contributed by atoms with van der Waals surface area (Å²) in [6, 6.07) is 5.56. The Hall–Kier alpha value is -2.01. The molecule has 0 aliphatic rings. The first kappa shape index (κ1) is 13.4. The summed E-state index contributed by atoms with van der Waals surface area (Å²) in [5.74, 6) is 2.80. The molecule has 0 unspecified atom stereocenters. The number of nitrogens with one attached hydrogen (secondary N) is 1. The molecule has 0 fully saturated rings. The predicted octanol–water partition coefficient (Wildman–Crippen LogP) is 2.47. The standard InChI is InChI=1S/C14H18N2O3/c1-4-15-9-14-16-8-13(19-14)11-7-10(17-2)5-6-12(11)18-3/h5-8,15H,4,9H2,1-3H3. The van der Waals surface area contributed by atoms with E-state index >= 15 is 0 Å². The maximum absolute atomic E-state index is 5.70. The van der Waals surface area contributed by atoms with Crippen LogP contribution in [0.15, 0.2) is 28.8 Å². The van der Waals surface area contributed by atoms with Crippen LogP contribution in [-0.2, 0) is 6.54 Å². The molecule has 0 bridgehead atoms. The van der Waals surface area contributed by atoms with Crippen molar-refractivity contribution in [3.05, 3.63) is 30.3 Å². The van der Waals surface area contributed by atoms with Crippen molar-refractivity contribution in [2.75, 3.05) is 20.8 Å². The molecule has 0 saturated heterocycles. The summed E-state index contributed by atoms with van der Waals surface area (Å²) < 4.78 is 16.3. The molecule has 1 aromatic heterocycles. The number of ether oxygens (including phenoxy) is 2. The van der Waals surface area contributed by atoms with Crippen molar-refractivity contribution in [2.45, 2.75) is 13.5 Å². The molecule has 0 aliphatic heterocycles. The SMILES string of the molecule is CCNCc1ncc(-c2cc(OC)ccc2OC)o1. The second-order valence-electron chi connectivity index (χ2n) is 3.96. The van der Waals surface area contributed by atoms with Gasteiger partial charge in [0, 0.05) is 0 Å². The van der Waals surface area contributed by atoms with Crippen LogP contribution in [0.3, 0.4) is 0 Å². The smallest absolute Gasteiger partial charge is 0.208 e. The van der Waals surface area contributed by atoms with Gasteiger partial charge in [0.15, 0.2) is 5.76 Å². The molecular weight excluding hydrogens is 244 g/mol. The van der Waals surface area contributed by atoms with Crippen molar-refractivity contribution < 1.29 is 13.9 Å². The Morgan fingerprint density at radius 1 is 1.26 bits per heavy atom. The van der Waals surface area contributed by atoms with E-state index in [1.807, 2.05) is 25.1 Å². The van der Waals surface area contributed by atoms with Gasteiger partial charge in [-0.1, -0.05) is 6.92 Å². The summed E-state index contributed by atoms with van der Waals surface area (Å²) in [6.07, 6.45) is 1.70.